The first-order chi connectivity index (χ1) is 9.24. The largest absolute Gasteiger partial charge is 0.489 e. The van der Waals surface area contributed by atoms with Gasteiger partial charge < -0.3 is 15.0 Å². The smallest absolute Gasteiger partial charge is 0.255 e. The van der Waals surface area contributed by atoms with Crippen LogP contribution in [0.15, 0.2) is 29.2 Å². The van der Waals surface area contributed by atoms with Crippen LogP contribution in [0.25, 0.3) is 10.8 Å². The Labute approximate surface area is 127 Å². The summed E-state index contributed by atoms with van der Waals surface area (Å²) in [5, 5.41) is 5.22. The first kappa shape index (κ1) is 15.2. The highest BCUT2D eigenvalue weighted by Gasteiger charge is 2.16. The molecular weight excluding hydrogens is 299 g/mol. The maximum atomic E-state index is 11.7. The highest BCUT2D eigenvalue weighted by Crippen LogP contribution is 2.30. The van der Waals surface area contributed by atoms with Crippen molar-refractivity contribution in [3.05, 3.63) is 39.8 Å². The molecule has 0 radical (unpaired) electrons. The highest BCUT2D eigenvalue weighted by molar-refractivity contribution is 6.32. The standard InChI is InChI=1S/C14H15ClN2O2.ClH/c15-12-8-11-9(1-6-17-14(11)18)7-13(12)19-10-2-4-16-5-3-10;/h1,6-8,10,16H,2-5H2,(H,17,18);1H. The molecule has 2 aromatic rings. The van der Waals surface area contributed by atoms with Gasteiger partial charge in [-0.3, -0.25) is 4.79 Å². The van der Waals surface area contributed by atoms with Crippen molar-refractivity contribution in [2.45, 2.75) is 18.9 Å². The van der Waals surface area contributed by atoms with Crippen LogP contribution in [0.3, 0.4) is 0 Å². The minimum absolute atomic E-state index is 0. The molecule has 1 aromatic heterocycles. The minimum atomic E-state index is -0.132. The van der Waals surface area contributed by atoms with Crippen LogP contribution in [0, 0.1) is 0 Å². The molecule has 1 fully saturated rings. The lowest BCUT2D eigenvalue weighted by atomic mass is 10.1. The number of nitrogens with one attached hydrogen (secondary N) is 2. The fourth-order valence-corrected chi connectivity index (χ4v) is 2.58. The molecule has 0 aliphatic carbocycles. The van der Waals surface area contributed by atoms with E-state index in [0.29, 0.717) is 16.2 Å². The Morgan fingerprint density at radius 1 is 1.25 bits per heavy atom. The molecule has 0 bridgehead atoms. The van der Waals surface area contributed by atoms with Gasteiger partial charge in [0.2, 0.25) is 0 Å². The summed E-state index contributed by atoms with van der Waals surface area (Å²) in [7, 11) is 0. The number of hydrogen-bond acceptors (Lipinski definition) is 3. The second-order valence-corrected chi connectivity index (χ2v) is 5.15. The van der Waals surface area contributed by atoms with Crippen LogP contribution < -0.4 is 15.6 Å². The monoisotopic (exact) mass is 314 g/mol. The minimum Gasteiger partial charge on any atom is -0.489 e. The molecule has 0 spiro atoms. The number of benzene rings is 1. The fourth-order valence-electron chi connectivity index (χ4n) is 2.37. The van der Waals surface area contributed by atoms with E-state index in [-0.39, 0.29) is 24.1 Å². The molecule has 3 rings (SSSR count). The predicted molar refractivity (Wildman–Crippen MR) is 83.3 cm³/mol. The van der Waals surface area contributed by atoms with Gasteiger partial charge in [0.1, 0.15) is 11.9 Å². The average Bonchev–Trinajstić information content (AvgIpc) is 2.42. The number of hydrogen-bond donors (Lipinski definition) is 2. The Balaban J connectivity index is 0.00000147. The number of pyridine rings is 1. The summed E-state index contributed by atoms with van der Waals surface area (Å²) in [6.45, 7) is 1.94. The van der Waals surface area contributed by atoms with Gasteiger partial charge in [-0.05, 0) is 49.5 Å². The number of piperidine rings is 1. The van der Waals surface area contributed by atoms with Gasteiger partial charge in [0, 0.05) is 11.6 Å². The van der Waals surface area contributed by atoms with Crippen LogP contribution in [0.2, 0.25) is 5.02 Å². The Bertz CT molecular complexity index is 651. The average molecular weight is 315 g/mol. The van der Waals surface area contributed by atoms with Crippen LogP contribution in [0.5, 0.6) is 5.75 Å². The normalized spacial score (nSPS) is 15.8. The van der Waals surface area contributed by atoms with Crippen molar-refractivity contribution in [3.8, 4) is 5.75 Å². The molecule has 0 unspecified atom stereocenters. The lowest BCUT2D eigenvalue weighted by Crippen LogP contribution is -2.34. The zero-order valence-corrected chi connectivity index (χ0v) is 12.4. The van der Waals surface area contributed by atoms with Crippen LogP contribution in [-0.4, -0.2) is 24.2 Å². The quantitative estimate of drug-likeness (QED) is 0.896. The van der Waals surface area contributed by atoms with E-state index in [9.17, 15) is 4.79 Å². The molecule has 4 nitrogen and oxygen atoms in total. The SMILES string of the molecule is Cl.O=c1[nH]ccc2cc(OC3CCNCC3)c(Cl)cc12. The molecule has 1 aliphatic heterocycles. The number of rotatable bonds is 2. The summed E-state index contributed by atoms with van der Waals surface area (Å²) >= 11 is 6.20. The number of halogens is 2. The summed E-state index contributed by atoms with van der Waals surface area (Å²) in [6, 6.07) is 5.36. The third kappa shape index (κ3) is 3.08. The summed E-state index contributed by atoms with van der Waals surface area (Å²) < 4.78 is 5.95. The van der Waals surface area contributed by atoms with Crippen molar-refractivity contribution in [3.63, 3.8) is 0 Å². The molecule has 0 saturated carbocycles. The fraction of sp³-hybridized carbons (Fsp3) is 0.357. The second kappa shape index (κ2) is 6.48. The summed E-state index contributed by atoms with van der Waals surface area (Å²) in [5.41, 5.74) is -0.132. The molecule has 1 aliphatic rings. The highest BCUT2D eigenvalue weighted by atomic mass is 35.5. The van der Waals surface area contributed by atoms with Crippen molar-refractivity contribution in [1.82, 2.24) is 10.3 Å². The van der Waals surface area contributed by atoms with Gasteiger partial charge in [0.05, 0.1) is 5.02 Å². The van der Waals surface area contributed by atoms with Crippen molar-refractivity contribution in [1.29, 1.82) is 0 Å². The van der Waals surface area contributed by atoms with Crippen LogP contribution in [0.1, 0.15) is 12.8 Å². The van der Waals surface area contributed by atoms with E-state index < -0.39 is 0 Å². The van der Waals surface area contributed by atoms with Gasteiger partial charge in [0.15, 0.2) is 0 Å². The van der Waals surface area contributed by atoms with Crippen molar-refractivity contribution >= 4 is 34.8 Å². The Morgan fingerprint density at radius 3 is 2.75 bits per heavy atom. The zero-order valence-electron chi connectivity index (χ0n) is 10.8. The number of H-pyrrole nitrogens is 1. The van der Waals surface area contributed by atoms with Crippen molar-refractivity contribution < 1.29 is 4.74 Å². The summed E-state index contributed by atoms with van der Waals surface area (Å²) in [4.78, 5) is 14.3. The molecule has 0 amide bonds. The maximum absolute atomic E-state index is 11.7. The van der Waals surface area contributed by atoms with E-state index in [2.05, 4.69) is 10.3 Å². The van der Waals surface area contributed by atoms with E-state index in [4.69, 9.17) is 16.3 Å². The molecule has 1 saturated heterocycles. The van der Waals surface area contributed by atoms with Gasteiger partial charge in [-0.2, -0.15) is 0 Å². The Morgan fingerprint density at radius 2 is 2.00 bits per heavy atom. The first-order valence-electron chi connectivity index (χ1n) is 6.42. The molecule has 2 heterocycles. The molecule has 1 aromatic carbocycles. The van der Waals surface area contributed by atoms with Crippen LogP contribution >= 0.6 is 24.0 Å². The van der Waals surface area contributed by atoms with Gasteiger partial charge in [-0.15, -0.1) is 12.4 Å². The molecule has 0 atom stereocenters. The molecule has 2 N–H and O–H groups in total. The van der Waals surface area contributed by atoms with E-state index in [0.717, 1.165) is 31.3 Å². The number of aromatic amines is 1. The Hall–Kier alpha value is -1.23. The van der Waals surface area contributed by atoms with Gasteiger partial charge in [-0.1, -0.05) is 11.6 Å². The van der Waals surface area contributed by atoms with Crippen molar-refractivity contribution in [2.75, 3.05) is 13.1 Å². The third-order valence-electron chi connectivity index (χ3n) is 3.41. The van der Waals surface area contributed by atoms with Gasteiger partial charge >= 0.3 is 0 Å². The molecule has 20 heavy (non-hydrogen) atoms. The summed E-state index contributed by atoms with van der Waals surface area (Å²) in [5.74, 6) is 0.659. The van der Waals surface area contributed by atoms with Crippen molar-refractivity contribution in [2.24, 2.45) is 0 Å². The molecule has 108 valence electrons. The van der Waals surface area contributed by atoms with E-state index in [1.165, 1.54) is 0 Å². The van der Waals surface area contributed by atoms with Gasteiger partial charge in [-0.25, -0.2) is 0 Å². The molecule has 6 heteroatoms. The maximum Gasteiger partial charge on any atom is 0.255 e. The second-order valence-electron chi connectivity index (χ2n) is 4.74. The third-order valence-corrected chi connectivity index (χ3v) is 3.70. The Kier molecular flexibility index (Phi) is 4.91. The number of fused-ring (bicyclic) bond motifs is 1. The van der Waals surface area contributed by atoms with Gasteiger partial charge in [0.25, 0.3) is 5.56 Å². The zero-order chi connectivity index (χ0) is 13.2. The lowest BCUT2D eigenvalue weighted by molar-refractivity contribution is 0.163. The predicted octanol–water partition coefficient (Wildman–Crippen LogP) is 2.73. The van der Waals surface area contributed by atoms with Crippen LogP contribution in [0.4, 0.5) is 0 Å². The topological polar surface area (TPSA) is 54.1 Å². The number of ether oxygens (including phenoxy) is 1. The van der Waals surface area contributed by atoms with E-state index in [1.54, 1.807) is 12.3 Å². The van der Waals surface area contributed by atoms with Crippen LogP contribution in [-0.2, 0) is 0 Å². The lowest BCUT2D eigenvalue weighted by Gasteiger charge is -2.24. The number of aromatic nitrogens is 1. The molecular formula is C14H16Cl2N2O2. The van der Waals surface area contributed by atoms with E-state index >= 15 is 0 Å². The summed E-state index contributed by atoms with van der Waals surface area (Å²) in [6.07, 6.45) is 3.78. The first-order valence-corrected chi connectivity index (χ1v) is 6.80. The van der Waals surface area contributed by atoms with E-state index in [1.807, 2.05) is 12.1 Å².